The van der Waals surface area contributed by atoms with E-state index in [-0.39, 0.29) is 0 Å². The van der Waals surface area contributed by atoms with Crippen LogP contribution in [-0.4, -0.2) is 19.6 Å². The Morgan fingerprint density at radius 1 is 1.22 bits per heavy atom. The minimum atomic E-state index is 0.687. The fourth-order valence-corrected chi connectivity index (χ4v) is 3.41. The van der Waals surface area contributed by atoms with E-state index in [2.05, 4.69) is 56.5 Å². The Balaban J connectivity index is 1.46. The number of benzene rings is 2. The maximum absolute atomic E-state index is 8.81. The average Bonchev–Trinajstić information content (AvgIpc) is 3.04. The molecule has 1 N–H and O–H groups in total. The van der Waals surface area contributed by atoms with Gasteiger partial charge in [0.2, 0.25) is 0 Å². The zero-order chi connectivity index (χ0) is 16.1. The number of nitrogens with zero attached hydrogens (tertiary/aromatic N) is 2. The zero-order valence-electron chi connectivity index (χ0n) is 13.0. The second-order valence-corrected chi connectivity index (χ2v) is 6.94. The molecule has 1 heterocycles. The van der Waals surface area contributed by atoms with Gasteiger partial charge >= 0.3 is 0 Å². The summed E-state index contributed by atoms with van der Waals surface area (Å²) in [7, 11) is 0. The lowest BCUT2D eigenvalue weighted by Crippen LogP contribution is -2.26. The van der Waals surface area contributed by atoms with Crippen LogP contribution in [0.4, 0.5) is 5.69 Å². The Bertz CT molecular complexity index is 691. The Labute approximate surface area is 146 Å². The lowest BCUT2D eigenvalue weighted by atomic mass is 10.1. The van der Waals surface area contributed by atoms with Crippen LogP contribution in [0.2, 0.25) is 0 Å². The van der Waals surface area contributed by atoms with Crippen LogP contribution >= 0.6 is 15.9 Å². The van der Waals surface area contributed by atoms with Gasteiger partial charge in [0.1, 0.15) is 0 Å². The van der Waals surface area contributed by atoms with E-state index in [9.17, 15) is 0 Å². The van der Waals surface area contributed by atoms with Crippen LogP contribution in [0, 0.1) is 17.2 Å². The predicted molar refractivity (Wildman–Crippen MR) is 97.3 cm³/mol. The highest BCUT2D eigenvalue weighted by atomic mass is 79.9. The van der Waals surface area contributed by atoms with E-state index in [0.29, 0.717) is 11.5 Å². The van der Waals surface area contributed by atoms with Crippen LogP contribution < -0.4 is 10.2 Å². The highest BCUT2D eigenvalue weighted by Gasteiger charge is 2.22. The summed E-state index contributed by atoms with van der Waals surface area (Å²) >= 11 is 3.54. The van der Waals surface area contributed by atoms with Gasteiger partial charge in [0, 0.05) is 36.3 Å². The third-order valence-corrected chi connectivity index (χ3v) is 4.80. The Morgan fingerprint density at radius 2 is 2.04 bits per heavy atom. The number of hydrogen-bond acceptors (Lipinski definition) is 3. The van der Waals surface area contributed by atoms with E-state index in [4.69, 9.17) is 5.26 Å². The summed E-state index contributed by atoms with van der Waals surface area (Å²) < 4.78 is 1.14. The molecule has 0 aliphatic carbocycles. The number of nitrogens with one attached hydrogen (secondary N) is 1. The van der Waals surface area contributed by atoms with E-state index < -0.39 is 0 Å². The molecule has 2 aromatic carbocycles. The van der Waals surface area contributed by atoms with Crippen molar-refractivity contribution in [2.45, 2.75) is 13.0 Å². The molecule has 0 bridgehead atoms. The average molecular weight is 370 g/mol. The van der Waals surface area contributed by atoms with Crippen LogP contribution in [0.5, 0.6) is 0 Å². The van der Waals surface area contributed by atoms with Crippen LogP contribution in [0.1, 0.15) is 17.5 Å². The molecule has 1 unspecified atom stereocenters. The van der Waals surface area contributed by atoms with Crippen molar-refractivity contribution in [3.05, 3.63) is 64.1 Å². The van der Waals surface area contributed by atoms with Gasteiger partial charge in [-0.15, -0.1) is 0 Å². The minimum absolute atomic E-state index is 0.687. The molecule has 1 fully saturated rings. The molecular formula is C19H20BrN3. The van der Waals surface area contributed by atoms with Gasteiger partial charge in [-0.25, -0.2) is 0 Å². The summed E-state index contributed by atoms with van der Waals surface area (Å²) in [5, 5.41) is 12.4. The highest BCUT2D eigenvalue weighted by molar-refractivity contribution is 9.10. The zero-order valence-corrected chi connectivity index (χ0v) is 14.6. The Kier molecular flexibility index (Phi) is 5.32. The lowest BCUT2D eigenvalue weighted by Gasteiger charge is -2.19. The quantitative estimate of drug-likeness (QED) is 0.867. The summed E-state index contributed by atoms with van der Waals surface area (Å²) in [5.74, 6) is 0.687. The van der Waals surface area contributed by atoms with Crippen molar-refractivity contribution in [2.24, 2.45) is 5.92 Å². The van der Waals surface area contributed by atoms with E-state index in [1.807, 2.05) is 24.3 Å². The number of hydrogen-bond donors (Lipinski definition) is 1. The van der Waals surface area contributed by atoms with Crippen molar-refractivity contribution in [1.82, 2.24) is 5.32 Å². The third-order valence-electron chi connectivity index (χ3n) is 4.30. The molecular weight excluding hydrogens is 350 g/mol. The van der Waals surface area contributed by atoms with Gasteiger partial charge in [-0.05, 0) is 48.2 Å². The van der Waals surface area contributed by atoms with Gasteiger partial charge in [-0.2, -0.15) is 5.26 Å². The number of nitriles is 1. The third kappa shape index (κ3) is 4.34. The summed E-state index contributed by atoms with van der Waals surface area (Å²) in [6.07, 6.45) is 1.23. The summed E-state index contributed by atoms with van der Waals surface area (Å²) in [6, 6.07) is 18.5. The van der Waals surface area contributed by atoms with Gasteiger partial charge in [0.25, 0.3) is 0 Å². The van der Waals surface area contributed by atoms with Crippen LogP contribution in [-0.2, 0) is 6.54 Å². The Hall–Kier alpha value is -1.83. The van der Waals surface area contributed by atoms with E-state index in [1.54, 1.807) is 0 Å². The monoisotopic (exact) mass is 369 g/mol. The number of anilines is 1. The molecule has 1 atom stereocenters. The largest absolute Gasteiger partial charge is 0.371 e. The Morgan fingerprint density at radius 3 is 2.78 bits per heavy atom. The predicted octanol–water partition coefficient (Wildman–Crippen LogP) is 3.94. The van der Waals surface area contributed by atoms with Crippen molar-refractivity contribution in [3.63, 3.8) is 0 Å². The molecule has 1 aliphatic rings. The second kappa shape index (κ2) is 7.63. The van der Waals surface area contributed by atoms with Crippen LogP contribution in [0.3, 0.4) is 0 Å². The van der Waals surface area contributed by atoms with Gasteiger partial charge in [0.15, 0.2) is 0 Å². The SMILES string of the molecule is N#Cc1ccc(CNCC2CCN(c3cccc(Br)c3)C2)cc1. The first-order chi connectivity index (χ1) is 11.2. The van der Waals surface area contributed by atoms with Gasteiger partial charge in [-0.3, -0.25) is 0 Å². The normalized spacial score (nSPS) is 17.2. The van der Waals surface area contributed by atoms with E-state index in [1.165, 1.54) is 17.7 Å². The van der Waals surface area contributed by atoms with Crippen LogP contribution in [0.15, 0.2) is 53.0 Å². The molecule has 0 aromatic heterocycles. The molecule has 0 spiro atoms. The van der Waals surface area contributed by atoms with Crippen molar-refractivity contribution < 1.29 is 0 Å². The first kappa shape index (κ1) is 16.0. The van der Waals surface area contributed by atoms with Gasteiger partial charge in [-0.1, -0.05) is 34.1 Å². The molecule has 2 aromatic rings. The molecule has 0 amide bonds. The summed E-state index contributed by atoms with van der Waals surface area (Å²) in [6.45, 7) is 4.13. The molecule has 1 aliphatic heterocycles. The first-order valence-corrected chi connectivity index (χ1v) is 8.74. The van der Waals surface area contributed by atoms with E-state index in [0.717, 1.165) is 30.7 Å². The van der Waals surface area contributed by atoms with E-state index >= 15 is 0 Å². The molecule has 118 valence electrons. The standard InChI is InChI=1S/C19H20BrN3/c20-18-2-1-3-19(10-18)23-9-8-17(14-23)13-22-12-16-6-4-15(11-21)5-7-16/h1-7,10,17,22H,8-9,12-14H2. The fourth-order valence-electron chi connectivity index (χ4n) is 3.02. The molecule has 3 rings (SSSR count). The van der Waals surface area contributed by atoms with Crippen molar-refractivity contribution in [3.8, 4) is 6.07 Å². The minimum Gasteiger partial charge on any atom is -0.371 e. The fraction of sp³-hybridized carbons (Fsp3) is 0.316. The topological polar surface area (TPSA) is 39.1 Å². The molecule has 23 heavy (non-hydrogen) atoms. The molecule has 3 nitrogen and oxygen atoms in total. The summed E-state index contributed by atoms with van der Waals surface area (Å²) in [4.78, 5) is 2.46. The van der Waals surface area contributed by atoms with Crippen molar-refractivity contribution in [1.29, 1.82) is 5.26 Å². The molecule has 0 radical (unpaired) electrons. The van der Waals surface area contributed by atoms with Gasteiger partial charge < -0.3 is 10.2 Å². The maximum Gasteiger partial charge on any atom is 0.0991 e. The highest BCUT2D eigenvalue weighted by Crippen LogP contribution is 2.25. The first-order valence-electron chi connectivity index (χ1n) is 7.95. The van der Waals surface area contributed by atoms with Crippen LogP contribution in [0.25, 0.3) is 0 Å². The smallest absolute Gasteiger partial charge is 0.0991 e. The second-order valence-electron chi connectivity index (χ2n) is 6.02. The lowest BCUT2D eigenvalue weighted by molar-refractivity contribution is 0.516. The molecule has 1 saturated heterocycles. The number of halogens is 1. The molecule has 0 saturated carbocycles. The van der Waals surface area contributed by atoms with Crippen molar-refractivity contribution >= 4 is 21.6 Å². The molecule has 4 heteroatoms. The maximum atomic E-state index is 8.81. The number of rotatable bonds is 5. The van der Waals surface area contributed by atoms with Gasteiger partial charge in [0.05, 0.1) is 11.6 Å². The summed E-state index contributed by atoms with van der Waals surface area (Å²) in [5.41, 5.74) is 3.24. The van der Waals surface area contributed by atoms with Crippen molar-refractivity contribution in [2.75, 3.05) is 24.5 Å².